The van der Waals surface area contributed by atoms with E-state index in [9.17, 15) is 14.4 Å². The maximum Gasteiger partial charge on any atom is 0.245 e. The van der Waals surface area contributed by atoms with Gasteiger partial charge >= 0.3 is 0 Å². The van der Waals surface area contributed by atoms with Crippen molar-refractivity contribution in [1.82, 2.24) is 15.5 Å². The molecule has 168 valence electrons. The number of amides is 2. The van der Waals surface area contributed by atoms with Gasteiger partial charge in [-0.2, -0.15) is 0 Å². The van der Waals surface area contributed by atoms with E-state index in [2.05, 4.69) is 24.5 Å². The molecule has 7 nitrogen and oxygen atoms in total. The van der Waals surface area contributed by atoms with Crippen LogP contribution in [0.5, 0.6) is 0 Å². The quantitative estimate of drug-likeness (QED) is 0.544. The molecular formula is C22H41N3O4. The van der Waals surface area contributed by atoms with E-state index in [1.165, 1.54) is 6.92 Å². The smallest absolute Gasteiger partial charge is 0.245 e. The third-order valence-corrected chi connectivity index (χ3v) is 6.28. The lowest BCUT2D eigenvalue weighted by Crippen LogP contribution is -2.61. The number of ether oxygens (including phenoxy) is 1. The second-order valence-electron chi connectivity index (χ2n) is 9.06. The Morgan fingerprint density at radius 1 is 1.24 bits per heavy atom. The van der Waals surface area contributed by atoms with Crippen LogP contribution in [0.1, 0.15) is 67.2 Å². The van der Waals surface area contributed by atoms with Gasteiger partial charge in [-0.25, -0.2) is 0 Å². The molecule has 1 heterocycles. The molecule has 1 aliphatic heterocycles. The van der Waals surface area contributed by atoms with E-state index < -0.39 is 11.6 Å². The van der Waals surface area contributed by atoms with E-state index in [0.29, 0.717) is 0 Å². The Kier molecular flexibility index (Phi) is 9.76. The Morgan fingerprint density at radius 2 is 1.86 bits per heavy atom. The van der Waals surface area contributed by atoms with Crippen molar-refractivity contribution in [2.75, 3.05) is 20.7 Å². The Morgan fingerprint density at radius 3 is 2.28 bits per heavy atom. The van der Waals surface area contributed by atoms with Gasteiger partial charge in [0.15, 0.2) is 0 Å². The van der Waals surface area contributed by atoms with Gasteiger partial charge in [-0.05, 0) is 45.1 Å². The molecule has 1 aliphatic rings. The van der Waals surface area contributed by atoms with E-state index in [1.54, 1.807) is 19.1 Å². The van der Waals surface area contributed by atoms with E-state index >= 15 is 0 Å². The fraction of sp³-hybridized carbons (Fsp3) is 0.864. The number of carbonyl (C=O) groups is 3. The number of nitrogens with one attached hydrogen (secondary N) is 2. The lowest BCUT2D eigenvalue weighted by atomic mass is 9.89. The number of hydrogen-bond donors (Lipinski definition) is 2. The predicted molar refractivity (Wildman–Crippen MR) is 115 cm³/mol. The topological polar surface area (TPSA) is 87.7 Å². The van der Waals surface area contributed by atoms with Crippen molar-refractivity contribution < 1.29 is 19.1 Å². The summed E-state index contributed by atoms with van der Waals surface area (Å²) in [6.45, 7) is 12.2. The highest BCUT2D eigenvalue weighted by Gasteiger charge is 2.41. The number of hydrogen-bond acceptors (Lipinski definition) is 5. The number of rotatable bonds is 11. The lowest BCUT2D eigenvalue weighted by molar-refractivity contribution is -0.144. The van der Waals surface area contributed by atoms with Crippen molar-refractivity contribution in [2.45, 2.75) is 91.0 Å². The zero-order chi connectivity index (χ0) is 22.4. The number of ketones is 1. The molecule has 0 unspecified atom stereocenters. The van der Waals surface area contributed by atoms with Crippen molar-refractivity contribution in [3.05, 3.63) is 0 Å². The van der Waals surface area contributed by atoms with E-state index in [4.69, 9.17) is 4.74 Å². The largest absolute Gasteiger partial charge is 0.379 e. The molecule has 1 saturated heterocycles. The number of likely N-dealkylation sites (N-methyl/N-ethyl adjacent to an activating group) is 1. The van der Waals surface area contributed by atoms with Crippen LogP contribution in [0.25, 0.3) is 0 Å². The molecule has 2 N–H and O–H groups in total. The van der Waals surface area contributed by atoms with Crippen LogP contribution in [0.4, 0.5) is 0 Å². The van der Waals surface area contributed by atoms with Crippen LogP contribution in [0, 0.1) is 11.8 Å². The zero-order valence-electron chi connectivity index (χ0n) is 19.5. The summed E-state index contributed by atoms with van der Waals surface area (Å²) >= 11 is 0. The van der Waals surface area contributed by atoms with Crippen molar-refractivity contribution in [3.63, 3.8) is 0 Å². The van der Waals surface area contributed by atoms with Crippen LogP contribution in [-0.4, -0.2) is 66.9 Å². The first-order chi connectivity index (χ1) is 13.5. The predicted octanol–water partition coefficient (Wildman–Crippen LogP) is 2.14. The minimum absolute atomic E-state index is 0.0277. The summed E-state index contributed by atoms with van der Waals surface area (Å²) in [5.74, 6) is -0.176. The molecule has 1 fully saturated rings. The van der Waals surface area contributed by atoms with E-state index in [0.717, 1.165) is 25.8 Å². The SMILES string of the molecule is CC[C@H](C)[C@@H]([C@@H](CC(C)=O)OC)N(C)C(=O)[C@@H](NC(=O)[C@]1(C)CCCN1)C(C)C. The summed E-state index contributed by atoms with van der Waals surface area (Å²) in [5, 5.41) is 6.24. The molecule has 0 saturated carbocycles. The highest BCUT2D eigenvalue weighted by Crippen LogP contribution is 2.24. The number of methoxy groups -OCH3 is 1. The molecular weight excluding hydrogens is 370 g/mol. The molecule has 29 heavy (non-hydrogen) atoms. The second-order valence-corrected chi connectivity index (χ2v) is 9.06. The number of Topliss-reactive ketones (excluding diaryl/α,β-unsaturated/α-hetero) is 1. The van der Waals surface area contributed by atoms with Gasteiger partial charge in [0.25, 0.3) is 0 Å². The van der Waals surface area contributed by atoms with Gasteiger partial charge < -0.3 is 20.3 Å². The Bertz CT molecular complexity index is 572. The van der Waals surface area contributed by atoms with E-state index in [-0.39, 0.29) is 48.0 Å². The average Bonchev–Trinajstić information content (AvgIpc) is 3.11. The van der Waals surface area contributed by atoms with Crippen LogP contribution in [-0.2, 0) is 19.1 Å². The molecule has 0 aromatic carbocycles. The molecule has 0 aromatic heterocycles. The van der Waals surface area contributed by atoms with E-state index in [1.807, 2.05) is 20.8 Å². The maximum absolute atomic E-state index is 13.5. The lowest BCUT2D eigenvalue weighted by Gasteiger charge is -2.40. The second kappa shape index (κ2) is 11.1. The first kappa shape index (κ1) is 25.6. The van der Waals surface area contributed by atoms with Crippen LogP contribution in [0.15, 0.2) is 0 Å². The minimum Gasteiger partial charge on any atom is -0.379 e. The normalized spacial score (nSPS) is 23.3. The van der Waals surface area contributed by atoms with Crippen molar-refractivity contribution in [1.29, 1.82) is 0 Å². The fourth-order valence-electron chi connectivity index (χ4n) is 4.13. The Balaban J connectivity index is 3.07. The molecule has 0 bridgehead atoms. The summed E-state index contributed by atoms with van der Waals surface area (Å²) in [6.07, 6.45) is 2.42. The first-order valence-electron chi connectivity index (χ1n) is 10.8. The molecule has 5 atom stereocenters. The minimum atomic E-state index is -0.633. The Labute approximate surface area is 176 Å². The van der Waals surface area contributed by atoms with Crippen LogP contribution >= 0.6 is 0 Å². The summed E-state index contributed by atoms with van der Waals surface area (Å²) in [5.41, 5.74) is -0.633. The van der Waals surface area contributed by atoms with Crippen molar-refractivity contribution in [2.24, 2.45) is 11.8 Å². The summed E-state index contributed by atoms with van der Waals surface area (Å²) in [6, 6.07) is -0.882. The third kappa shape index (κ3) is 6.51. The fourth-order valence-corrected chi connectivity index (χ4v) is 4.13. The number of nitrogens with zero attached hydrogens (tertiary/aromatic N) is 1. The van der Waals surface area contributed by atoms with Crippen molar-refractivity contribution >= 4 is 17.6 Å². The van der Waals surface area contributed by atoms with Gasteiger partial charge in [0.2, 0.25) is 11.8 Å². The van der Waals surface area contributed by atoms with Gasteiger partial charge in [-0.1, -0.05) is 34.1 Å². The summed E-state index contributed by atoms with van der Waals surface area (Å²) < 4.78 is 5.62. The van der Waals surface area contributed by atoms with Gasteiger partial charge in [-0.15, -0.1) is 0 Å². The molecule has 0 aromatic rings. The summed E-state index contributed by atoms with van der Waals surface area (Å²) in [4.78, 5) is 39.8. The summed E-state index contributed by atoms with van der Waals surface area (Å²) in [7, 11) is 3.33. The first-order valence-corrected chi connectivity index (χ1v) is 10.8. The number of carbonyl (C=O) groups excluding carboxylic acids is 3. The molecule has 7 heteroatoms. The highest BCUT2D eigenvalue weighted by molar-refractivity contribution is 5.92. The molecule has 2 amide bonds. The van der Waals surface area contributed by atoms with Crippen molar-refractivity contribution in [3.8, 4) is 0 Å². The van der Waals surface area contributed by atoms with Crippen LogP contribution in [0.3, 0.4) is 0 Å². The molecule has 0 aliphatic carbocycles. The van der Waals surface area contributed by atoms with Crippen LogP contribution in [0.2, 0.25) is 0 Å². The Hall–Kier alpha value is -1.47. The zero-order valence-corrected chi connectivity index (χ0v) is 19.5. The average molecular weight is 412 g/mol. The van der Waals surface area contributed by atoms with Gasteiger partial charge in [0.1, 0.15) is 11.8 Å². The van der Waals surface area contributed by atoms with Gasteiger partial charge in [0.05, 0.1) is 17.7 Å². The molecule has 1 rings (SSSR count). The molecule has 0 radical (unpaired) electrons. The highest BCUT2D eigenvalue weighted by atomic mass is 16.5. The standard InChI is InChI=1S/C22H41N3O4/c1-9-15(4)19(17(29-8)13-16(5)26)25(7)20(27)18(14(2)3)24-21(28)22(6)11-10-12-23-22/h14-15,17-19,23H,9-13H2,1-8H3,(H,24,28)/t15-,17+,18-,19-,22-/m0/s1. The molecule has 0 spiro atoms. The third-order valence-electron chi connectivity index (χ3n) is 6.28. The van der Waals surface area contributed by atoms with Gasteiger partial charge in [-0.3, -0.25) is 14.4 Å². The maximum atomic E-state index is 13.5. The van der Waals surface area contributed by atoms with Crippen LogP contribution < -0.4 is 10.6 Å². The van der Waals surface area contributed by atoms with Gasteiger partial charge in [0, 0.05) is 20.6 Å². The monoisotopic (exact) mass is 411 g/mol.